The van der Waals surface area contributed by atoms with Crippen LogP contribution < -0.4 is 9.47 Å². The van der Waals surface area contributed by atoms with Gasteiger partial charge in [-0.05, 0) is 34.0 Å². The van der Waals surface area contributed by atoms with Crippen molar-refractivity contribution >= 4 is 15.9 Å². The van der Waals surface area contributed by atoms with E-state index in [1.165, 1.54) is 0 Å². The lowest BCUT2D eigenvalue weighted by atomic mass is 10.1. The Bertz CT molecular complexity index is 312. The SMILES string of the molecule is COc1ccc(CCO)c(OC)c1Br. The van der Waals surface area contributed by atoms with Crippen LogP contribution in [0.4, 0.5) is 0 Å². The van der Waals surface area contributed by atoms with Gasteiger partial charge in [0.25, 0.3) is 0 Å². The van der Waals surface area contributed by atoms with Crippen LogP contribution in [0.3, 0.4) is 0 Å². The number of rotatable bonds is 4. The maximum atomic E-state index is 8.85. The van der Waals surface area contributed by atoms with E-state index in [1.807, 2.05) is 12.1 Å². The first kappa shape index (κ1) is 11.3. The lowest BCUT2D eigenvalue weighted by Gasteiger charge is -2.12. The fraction of sp³-hybridized carbons (Fsp3) is 0.400. The molecule has 1 rings (SSSR count). The molecule has 0 bridgehead atoms. The number of ether oxygens (including phenoxy) is 2. The van der Waals surface area contributed by atoms with Gasteiger partial charge in [0, 0.05) is 6.61 Å². The minimum absolute atomic E-state index is 0.106. The van der Waals surface area contributed by atoms with Gasteiger partial charge in [0.15, 0.2) is 0 Å². The Morgan fingerprint density at radius 3 is 2.50 bits per heavy atom. The number of aliphatic hydroxyl groups excluding tert-OH is 1. The molecule has 1 aromatic carbocycles. The molecule has 0 aliphatic carbocycles. The number of hydrogen-bond acceptors (Lipinski definition) is 3. The van der Waals surface area contributed by atoms with E-state index in [4.69, 9.17) is 14.6 Å². The Kier molecular flexibility index (Phi) is 4.22. The molecular formula is C10H13BrO3. The molecule has 3 nitrogen and oxygen atoms in total. The van der Waals surface area contributed by atoms with Gasteiger partial charge in [-0.15, -0.1) is 0 Å². The Morgan fingerprint density at radius 1 is 1.29 bits per heavy atom. The molecule has 0 aliphatic rings. The largest absolute Gasteiger partial charge is 0.495 e. The molecule has 0 radical (unpaired) electrons. The summed E-state index contributed by atoms with van der Waals surface area (Å²) in [5.41, 5.74) is 0.961. The average Bonchev–Trinajstić information content (AvgIpc) is 2.19. The fourth-order valence-corrected chi connectivity index (χ4v) is 1.98. The van der Waals surface area contributed by atoms with Crippen LogP contribution in [0, 0.1) is 0 Å². The van der Waals surface area contributed by atoms with Crippen molar-refractivity contribution in [3.63, 3.8) is 0 Å². The highest BCUT2D eigenvalue weighted by molar-refractivity contribution is 9.10. The molecular weight excluding hydrogens is 248 g/mol. The van der Waals surface area contributed by atoms with Crippen LogP contribution in [-0.2, 0) is 6.42 Å². The Labute approximate surface area is 91.8 Å². The van der Waals surface area contributed by atoms with Crippen LogP contribution in [0.25, 0.3) is 0 Å². The third-order valence-electron chi connectivity index (χ3n) is 1.95. The molecule has 1 N–H and O–H groups in total. The summed E-state index contributed by atoms with van der Waals surface area (Å²) in [7, 11) is 3.20. The predicted molar refractivity (Wildman–Crippen MR) is 58.0 cm³/mol. The normalized spacial score (nSPS) is 10.0. The molecule has 4 heteroatoms. The van der Waals surface area contributed by atoms with Crippen molar-refractivity contribution < 1.29 is 14.6 Å². The zero-order valence-corrected chi connectivity index (χ0v) is 9.80. The van der Waals surface area contributed by atoms with Crippen molar-refractivity contribution in [1.82, 2.24) is 0 Å². The highest BCUT2D eigenvalue weighted by atomic mass is 79.9. The van der Waals surface area contributed by atoms with Crippen LogP contribution in [0.15, 0.2) is 16.6 Å². The topological polar surface area (TPSA) is 38.7 Å². The predicted octanol–water partition coefficient (Wildman–Crippen LogP) is 2.00. The van der Waals surface area contributed by atoms with Crippen molar-refractivity contribution in [1.29, 1.82) is 0 Å². The van der Waals surface area contributed by atoms with Crippen LogP contribution in [0.5, 0.6) is 11.5 Å². The van der Waals surface area contributed by atoms with Crippen molar-refractivity contribution in [3.8, 4) is 11.5 Å². The van der Waals surface area contributed by atoms with Gasteiger partial charge in [0.05, 0.1) is 14.2 Å². The number of methoxy groups -OCH3 is 2. The first-order valence-electron chi connectivity index (χ1n) is 4.24. The molecule has 0 fully saturated rings. The van der Waals surface area contributed by atoms with E-state index in [0.29, 0.717) is 6.42 Å². The monoisotopic (exact) mass is 260 g/mol. The van der Waals surface area contributed by atoms with Crippen LogP contribution in [-0.4, -0.2) is 25.9 Å². The van der Waals surface area contributed by atoms with E-state index in [0.717, 1.165) is 21.5 Å². The number of benzene rings is 1. The van der Waals surface area contributed by atoms with E-state index in [1.54, 1.807) is 14.2 Å². The molecule has 1 aromatic rings. The highest BCUT2D eigenvalue weighted by Gasteiger charge is 2.11. The van der Waals surface area contributed by atoms with Crippen molar-refractivity contribution in [2.45, 2.75) is 6.42 Å². The molecule has 0 saturated heterocycles. The number of halogens is 1. The quantitative estimate of drug-likeness (QED) is 0.900. The molecule has 0 unspecified atom stereocenters. The fourth-order valence-electron chi connectivity index (χ4n) is 1.27. The zero-order valence-electron chi connectivity index (χ0n) is 8.21. The van der Waals surface area contributed by atoms with Gasteiger partial charge in [-0.2, -0.15) is 0 Å². The van der Waals surface area contributed by atoms with Gasteiger partial charge in [-0.25, -0.2) is 0 Å². The molecule has 0 aromatic heterocycles. The molecule has 0 spiro atoms. The van der Waals surface area contributed by atoms with Gasteiger partial charge in [-0.1, -0.05) is 6.07 Å². The van der Waals surface area contributed by atoms with E-state index >= 15 is 0 Å². The van der Waals surface area contributed by atoms with Crippen LogP contribution in [0.2, 0.25) is 0 Å². The van der Waals surface area contributed by atoms with Gasteiger partial charge in [0.1, 0.15) is 16.0 Å². The maximum Gasteiger partial charge on any atom is 0.140 e. The van der Waals surface area contributed by atoms with Gasteiger partial charge >= 0.3 is 0 Å². The van der Waals surface area contributed by atoms with E-state index < -0.39 is 0 Å². The summed E-state index contributed by atoms with van der Waals surface area (Å²) in [6.45, 7) is 0.106. The Morgan fingerprint density at radius 2 is 2.00 bits per heavy atom. The summed E-state index contributed by atoms with van der Waals surface area (Å²) >= 11 is 3.39. The van der Waals surface area contributed by atoms with Crippen LogP contribution in [0.1, 0.15) is 5.56 Å². The first-order chi connectivity index (χ1) is 6.74. The third-order valence-corrected chi connectivity index (χ3v) is 2.70. The zero-order chi connectivity index (χ0) is 10.6. The summed E-state index contributed by atoms with van der Waals surface area (Å²) in [6, 6.07) is 3.73. The number of aliphatic hydroxyl groups is 1. The van der Waals surface area contributed by atoms with Crippen molar-refractivity contribution in [2.75, 3.05) is 20.8 Å². The molecule has 78 valence electrons. The minimum atomic E-state index is 0.106. The number of hydrogen-bond donors (Lipinski definition) is 1. The molecule has 0 aliphatic heterocycles. The molecule has 0 amide bonds. The van der Waals surface area contributed by atoms with Crippen molar-refractivity contribution in [2.24, 2.45) is 0 Å². The highest BCUT2D eigenvalue weighted by Crippen LogP contribution is 2.37. The summed E-state index contributed by atoms with van der Waals surface area (Å²) in [5, 5.41) is 8.85. The Hall–Kier alpha value is -0.740. The standard InChI is InChI=1S/C10H13BrO3/c1-13-8-4-3-7(5-6-12)10(14-2)9(8)11/h3-4,12H,5-6H2,1-2H3. The average molecular weight is 261 g/mol. The van der Waals surface area contributed by atoms with Crippen LogP contribution >= 0.6 is 15.9 Å². The summed E-state index contributed by atoms with van der Waals surface area (Å²) in [5.74, 6) is 1.45. The van der Waals surface area contributed by atoms with Crippen molar-refractivity contribution in [3.05, 3.63) is 22.2 Å². The van der Waals surface area contributed by atoms with Gasteiger partial charge in [0.2, 0.25) is 0 Å². The third kappa shape index (κ3) is 2.19. The van der Waals surface area contributed by atoms with E-state index in [2.05, 4.69) is 15.9 Å². The molecule has 14 heavy (non-hydrogen) atoms. The summed E-state index contributed by atoms with van der Waals surface area (Å²) in [6.07, 6.45) is 0.575. The smallest absolute Gasteiger partial charge is 0.140 e. The first-order valence-corrected chi connectivity index (χ1v) is 5.04. The lowest BCUT2D eigenvalue weighted by molar-refractivity contribution is 0.296. The second kappa shape index (κ2) is 5.22. The van der Waals surface area contributed by atoms with E-state index in [9.17, 15) is 0 Å². The van der Waals surface area contributed by atoms with Gasteiger partial charge in [-0.3, -0.25) is 0 Å². The lowest BCUT2D eigenvalue weighted by Crippen LogP contribution is -1.98. The maximum absolute atomic E-state index is 8.85. The Balaban J connectivity index is 3.14. The summed E-state index contributed by atoms with van der Waals surface area (Å²) in [4.78, 5) is 0. The molecule has 0 saturated carbocycles. The second-order valence-electron chi connectivity index (χ2n) is 2.75. The molecule has 0 heterocycles. The molecule has 0 atom stereocenters. The minimum Gasteiger partial charge on any atom is -0.495 e. The second-order valence-corrected chi connectivity index (χ2v) is 3.54. The summed E-state index contributed by atoms with van der Waals surface area (Å²) < 4.78 is 11.1. The van der Waals surface area contributed by atoms with Gasteiger partial charge < -0.3 is 14.6 Å². The van der Waals surface area contributed by atoms with E-state index in [-0.39, 0.29) is 6.61 Å².